The average molecular weight is 320 g/mol. The van der Waals surface area contributed by atoms with E-state index < -0.39 is 0 Å². The minimum absolute atomic E-state index is 0.155. The van der Waals surface area contributed by atoms with Gasteiger partial charge in [0.1, 0.15) is 23.9 Å². The summed E-state index contributed by atoms with van der Waals surface area (Å²) in [4.78, 5) is 13.9. The molecule has 120 valence electrons. The Kier molecular flexibility index (Phi) is 8.53. The third-order valence-corrected chi connectivity index (χ3v) is 4.10. The molecule has 0 fully saturated rings. The number of hydrogen-bond donors (Lipinski definition) is 0. The van der Waals surface area contributed by atoms with Gasteiger partial charge in [0.05, 0.1) is 11.9 Å². The summed E-state index contributed by atoms with van der Waals surface area (Å²) < 4.78 is 0. The lowest BCUT2D eigenvalue weighted by Crippen LogP contribution is -2.10. The van der Waals surface area contributed by atoms with Crippen molar-refractivity contribution in [3.05, 3.63) is 17.6 Å². The van der Waals surface area contributed by atoms with Gasteiger partial charge in [-0.1, -0.05) is 38.8 Å². The molecule has 5 nitrogen and oxygen atoms in total. The van der Waals surface area contributed by atoms with Crippen molar-refractivity contribution in [1.29, 1.82) is 5.26 Å². The molecule has 22 heavy (non-hydrogen) atoms. The maximum Gasteiger partial charge on any atom is 0.206 e. The maximum absolute atomic E-state index is 9.14. The number of nitriles is 1. The van der Waals surface area contributed by atoms with Gasteiger partial charge in [0.25, 0.3) is 0 Å². The van der Waals surface area contributed by atoms with Crippen molar-refractivity contribution in [3.8, 4) is 6.07 Å². The normalized spacial score (nSPS) is 11.5. The van der Waals surface area contributed by atoms with Crippen molar-refractivity contribution in [3.63, 3.8) is 0 Å². The van der Waals surface area contributed by atoms with Crippen LogP contribution in [0, 0.1) is 11.3 Å². The Morgan fingerprint density at radius 3 is 2.55 bits per heavy atom. The molecule has 0 aliphatic carbocycles. The molecule has 0 radical (unpaired) electrons. The second-order valence-corrected chi connectivity index (χ2v) is 6.14. The van der Waals surface area contributed by atoms with Crippen LogP contribution in [0.5, 0.6) is 0 Å². The molecule has 0 N–H and O–H groups in total. The highest BCUT2D eigenvalue weighted by molar-refractivity contribution is 7.99. The fourth-order valence-corrected chi connectivity index (χ4v) is 3.15. The van der Waals surface area contributed by atoms with E-state index in [2.05, 4.69) is 35.9 Å². The highest BCUT2D eigenvalue weighted by Crippen LogP contribution is 2.31. The van der Waals surface area contributed by atoms with Crippen molar-refractivity contribution < 1.29 is 4.84 Å². The van der Waals surface area contributed by atoms with Crippen LogP contribution in [0.15, 0.2) is 16.4 Å². The van der Waals surface area contributed by atoms with E-state index in [4.69, 9.17) is 10.1 Å². The van der Waals surface area contributed by atoms with E-state index in [0.717, 1.165) is 42.2 Å². The quantitative estimate of drug-likeness (QED) is 0.388. The second kappa shape index (κ2) is 10.2. The summed E-state index contributed by atoms with van der Waals surface area (Å²) in [7, 11) is 1.42. The van der Waals surface area contributed by atoms with Crippen LogP contribution in [0.3, 0.4) is 0 Å². The van der Waals surface area contributed by atoms with Gasteiger partial charge in [0.15, 0.2) is 0 Å². The zero-order chi connectivity index (χ0) is 16.4. The van der Waals surface area contributed by atoms with Gasteiger partial charge < -0.3 is 4.84 Å². The first-order valence-electron chi connectivity index (χ1n) is 7.73. The standard InChI is InChI=1S/C16H24N4OS/c1-5-8-12(9-6-2)15-16(22-7-3)19-14(11-18-15)13(10-17)20-21-4/h11-12H,5-9H2,1-4H3/b20-13+. The molecule has 0 saturated carbocycles. The minimum Gasteiger partial charge on any atom is -0.398 e. The van der Waals surface area contributed by atoms with Crippen LogP contribution < -0.4 is 0 Å². The van der Waals surface area contributed by atoms with Gasteiger partial charge in [-0.2, -0.15) is 5.26 Å². The van der Waals surface area contributed by atoms with Gasteiger partial charge in [-0.3, -0.25) is 4.98 Å². The van der Waals surface area contributed by atoms with E-state index in [1.807, 2.05) is 6.07 Å². The number of rotatable bonds is 9. The van der Waals surface area contributed by atoms with Crippen molar-refractivity contribution in [2.24, 2.45) is 5.16 Å². The Balaban J connectivity index is 3.24. The van der Waals surface area contributed by atoms with Gasteiger partial charge in [0, 0.05) is 5.92 Å². The van der Waals surface area contributed by atoms with E-state index >= 15 is 0 Å². The molecular formula is C16H24N4OS. The predicted molar refractivity (Wildman–Crippen MR) is 90.1 cm³/mol. The number of aromatic nitrogens is 2. The van der Waals surface area contributed by atoms with E-state index in [9.17, 15) is 0 Å². The number of thioether (sulfide) groups is 1. The summed E-state index contributed by atoms with van der Waals surface area (Å²) in [5.41, 5.74) is 1.67. The van der Waals surface area contributed by atoms with Crippen molar-refractivity contribution >= 4 is 17.5 Å². The molecule has 6 heteroatoms. The first kappa shape index (κ1) is 18.4. The van der Waals surface area contributed by atoms with E-state index in [0.29, 0.717) is 11.6 Å². The Labute approximate surface area is 137 Å². The highest BCUT2D eigenvalue weighted by Gasteiger charge is 2.19. The van der Waals surface area contributed by atoms with Gasteiger partial charge in [-0.05, 0) is 18.6 Å². The zero-order valence-electron chi connectivity index (χ0n) is 13.8. The van der Waals surface area contributed by atoms with Crippen LogP contribution in [0.4, 0.5) is 0 Å². The molecule has 0 aliphatic rings. The van der Waals surface area contributed by atoms with E-state index in [1.165, 1.54) is 7.11 Å². The Bertz CT molecular complexity index is 533. The third-order valence-electron chi connectivity index (χ3n) is 3.24. The van der Waals surface area contributed by atoms with E-state index in [1.54, 1.807) is 18.0 Å². The molecule has 0 aliphatic heterocycles. The lowest BCUT2D eigenvalue weighted by molar-refractivity contribution is 0.214. The Morgan fingerprint density at radius 1 is 1.36 bits per heavy atom. The fraction of sp³-hybridized carbons (Fsp3) is 0.625. The average Bonchev–Trinajstić information content (AvgIpc) is 2.53. The largest absolute Gasteiger partial charge is 0.398 e. The molecule has 0 unspecified atom stereocenters. The molecular weight excluding hydrogens is 296 g/mol. The van der Waals surface area contributed by atoms with E-state index in [-0.39, 0.29) is 5.71 Å². The predicted octanol–water partition coefficient (Wildman–Crippen LogP) is 4.15. The van der Waals surface area contributed by atoms with Crippen LogP contribution in [0.25, 0.3) is 0 Å². The van der Waals surface area contributed by atoms with Gasteiger partial charge >= 0.3 is 0 Å². The summed E-state index contributed by atoms with van der Waals surface area (Å²) in [5.74, 6) is 1.34. The van der Waals surface area contributed by atoms with Crippen molar-refractivity contribution in [2.45, 2.75) is 57.4 Å². The molecule has 0 atom stereocenters. The zero-order valence-corrected chi connectivity index (χ0v) is 14.6. The highest BCUT2D eigenvalue weighted by atomic mass is 32.2. The lowest BCUT2D eigenvalue weighted by Gasteiger charge is -2.17. The molecule has 0 bridgehead atoms. The third kappa shape index (κ3) is 4.99. The molecule has 0 amide bonds. The van der Waals surface area contributed by atoms with Gasteiger partial charge in [-0.15, -0.1) is 11.8 Å². The fourth-order valence-electron chi connectivity index (χ4n) is 2.35. The summed E-state index contributed by atoms with van der Waals surface area (Å²) >= 11 is 1.66. The van der Waals surface area contributed by atoms with Gasteiger partial charge in [-0.25, -0.2) is 4.98 Å². The van der Waals surface area contributed by atoms with Crippen LogP contribution in [-0.4, -0.2) is 28.5 Å². The van der Waals surface area contributed by atoms with Crippen molar-refractivity contribution in [1.82, 2.24) is 9.97 Å². The molecule has 0 aromatic carbocycles. The topological polar surface area (TPSA) is 71.2 Å². The first-order chi connectivity index (χ1) is 10.7. The summed E-state index contributed by atoms with van der Waals surface area (Å²) in [6, 6.07) is 2.00. The Morgan fingerprint density at radius 2 is 2.05 bits per heavy atom. The molecule has 0 saturated heterocycles. The smallest absolute Gasteiger partial charge is 0.206 e. The van der Waals surface area contributed by atoms with Crippen LogP contribution in [0.1, 0.15) is 63.8 Å². The van der Waals surface area contributed by atoms with Crippen LogP contribution >= 0.6 is 11.8 Å². The molecule has 1 rings (SSSR count). The maximum atomic E-state index is 9.14. The molecule has 1 aromatic heterocycles. The molecule has 1 heterocycles. The summed E-state index contributed by atoms with van der Waals surface area (Å²) in [6.07, 6.45) is 6.10. The first-order valence-corrected chi connectivity index (χ1v) is 8.71. The SMILES string of the molecule is CCCC(CCC)c1ncc(/C(C#N)=N/OC)nc1SCC. The Hall–Kier alpha value is -1.61. The van der Waals surface area contributed by atoms with Crippen molar-refractivity contribution in [2.75, 3.05) is 12.9 Å². The molecule has 1 aromatic rings. The lowest BCUT2D eigenvalue weighted by atomic mass is 9.95. The van der Waals surface area contributed by atoms with Gasteiger partial charge in [0.2, 0.25) is 5.71 Å². The van der Waals surface area contributed by atoms with Crippen LogP contribution in [0.2, 0.25) is 0 Å². The summed E-state index contributed by atoms with van der Waals surface area (Å²) in [6.45, 7) is 6.47. The number of nitrogens with zero attached hydrogens (tertiary/aromatic N) is 4. The molecule has 0 spiro atoms. The monoisotopic (exact) mass is 320 g/mol. The second-order valence-electron chi connectivity index (χ2n) is 4.89. The van der Waals surface area contributed by atoms with Crippen LogP contribution in [-0.2, 0) is 4.84 Å². The summed E-state index contributed by atoms with van der Waals surface area (Å²) in [5, 5.41) is 13.8. The number of oxime groups is 1. The number of hydrogen-bond acceptors (Lipinski definition) is 6. The minimum atomic E-state index is 0.155.